The maximum atomic E-state index is 13.7. The molecule has 0 aromatic heterocycles. The molecule has 0 aliphatic carbocycles. The van der Waals surface area contributed by atoms with Gasteiger partial charge in [0.1, 0.15) is 12.4 Å². The van der Waals surface area contributed by atoms with Gasteiger partial charge in [-0.3, -0.25) is 4.79 Å². The molecule has 4 aromatic carbocycles. The maximum Gasteiger partial charge on any atom is 0.255 e. The van der Waals surface area contributed by atoms with Crippen LogP contribution in [0, 0.1) is 0 Å². The van der Waals surface area contributed by atoms with Gasteiger partial charge < -0.3 is 14.2 Å². The fraction of sp³-hybridized carbons (Fsp3) is 0.188. The van der Waals surface area contributed by atoms with Crippen molar-refractivity contribution >= 4 is 22.1 Å². The van der Waals surface area contributed by atoms with Crippen LogP contribution < -0.4 is 19.6 Å². The zero-order valence-corrected chi connectivity index (χ0v) is 24.3. The van der Waals surface area contributed by atoms with Crippen LogP contribution in [-0.4, -0.2) is 52.2 Å². The molecule has 10 heteroatoms. The minimum absolute atomic E-state index is 0.0168. The standard InChI is InChI=1S/C32H33N3O6S/c1-39-30-17-16-29(21-31(30)40-2)42(37,38)35(19-18-25-10-5-3-6-11-25)23-32(36)34-33-22-27-14-9-15-28(20-27)41-24-26-12-7-4-8-13-26/h3-17,20-22H,18-19,23-24H2,1-2H3,(H,34,36)/b33-22-. The highest BCUT2D eigenvalue weighted by Crippen LogP contribution is 2.30. The van der Waals surface area contributed by atoms with Crippen LogP contribution in [0.5, 0.6) is 17.2 Å². The van der Waals surface area contributed by atoms with Gasteiger partial charge in [0.25, 0.3) is 5.91 Å². The van der Waals surface area contributed by atoms with Crippen LogP contribution in [0.1, 0.15) is 16.7 Å². The van der Waals surface area contributed by atoms with Crippen LogP contribution in [0.4, 0.5) is 0 Å². The van der Waals surface area contributed by atoms with Gasteiger partial charge in [0.15, 0.2) is 11.5 Å². The first-order valence-corrected chi connectivity index (χ1v) is 14.7. The van der Waals surface area contributed by atoms with Gasteiger partial charge in [0.05, 0.1) is 31.9 Å². The van der Waals surface area contributed by atoms with Gasteiger partial charge in [-0.05, 0) is 47.4 Å². The Kier molecular flexibility index (Phi) is 10.7. The SMILES string of the molecule is COc1ccc(S(=O)(=O)N(CCc2ccccc2)CC(=O)N/N=C\c2cccc(OCc3ccccc3)c2)cc1OC. The molecule has 0 aliphatic rings. The first-order valence-electron chi connectivity index (χ1n) is 13.2. The molecule has 0 heterocycles. The smallest absolute Gasteiger partial charge is 0.255 e. The first-order chi connectivity index (χ1) is 20.4. The topological polar surface area (TPSA) is 107 Å². The number of nitrogens with zero attached hydrogens (tertiary/aromatic N) is 2. The van der Waals surface area contributed by atoms with Gasteiger partial charge in [0.2, 0.25) is 10.0 Å². The Morgan fingerprint density at radius 2 is 1.52 bits per heavy atom. The van der Waals surface area contributed by atoms with Crippen LogP contribution in [0.3, 0.4) is 0 Å². The zero-order chi connectivity index (χ0) is 29.8. The third kappa shape index (κ3) is 8.42. The Hall–Kier alpha value is -4.67. The van der Waals surface area contributed by atoms with Gasteiger partial charge in [-0.2, -0.15) is 9.41 Å². The average molecular weight is 588 g/mol. The Balaban J connectivity index is 1.44. The molecule has 9 nitrogen and oxygen atoms in total. The summed E-state index contributed by atoms with van der Waals surface area (Å²) in [4.78, 5) is 12.9. The molecule has 0 aliphatic heterocycles. The van der Waals surface area contributed by atoms with Crippen LogP contribution >= 0.6 is 0 Å². The second kappa shape index (κ2) is 14.8. The molecule has 218 valence electrons. The molecule has 0 saturated heterocycles. The van der Waals surface area contributed by atoms with Crippen molar-refractivity contribution in [2.24, 2.45) is 5.10 Å². The molecule has 1 N–H and O–H groups in total. The number of hydrogen-bond acceptors (Lipinski definition) is 7. The number of nitrogens with one attached hydrogen (secondary N) is 1. The molecule has 0 spiro atoms. The molecule has 4 rings (SSSR count). The minimum Gasteiger partial charge on any atom is -0.493 e. The van der Waals surface area contributed by atoms with Crippen LogP contribution in [0.2, 0.25) is 0 Å². The molecule has 42 heavy (non-hydrogen) atoms. The van der Waals surface area contributed by atoms with Crippen molar-refractivity contribution in [3.63, 3.8) is 0 Å². The number of ether oxygens (including phenoxy) is 3. The molecule has 1 amide bonds. The van der Waals surface area contributed by atoms with Crippen LogP contribution in [0.15, 0.2) is 113 Å². The summed E-state index contributed by atoms with van der Waals surface area (Å²) in [6.07, 6.45) is 1.89. The second-order valence-electron chi connectivity index (χ2n) is 9.23. The normalized spacial score (nSPS) is 11.4. The van der Waals surface area contributed by atoms with E-state index in [1.165, 1.54) is 38.6 Å². The lowest BCUT2D eigenvalue weighted by atomic mass is 10.1. The predicted octanol–water partition coefficient (Wildman–Crippen LogP) is 4.67. The summed E-state index contributed by atoms with van der Waals surface area (Å²) in [7, 11) is -1.17. The summed E-state index contributed by atoms with van der Waals surface area (Å²) in [5.74, 6) is 0.738. The molecule has 0 atom stereocenters. The van der Waals surface area contributed by atoms with E-state index in [9.17, 15) is 13.2 Å². The van der Waals surface area contributed by atoms with Crippen molar-refractivity contribution in [1.82, 2.24) is 9.73 Å². The predicted molar refractivity (Wildman–Crippen MR) is 161 cm³/mol. The van der Waals surface area contributed by atoms with E-state index in [4.69, 9.17) is 14.2 Å². The summed E-state index contributed by atoms with van der Waals surface area (Å²) >= 11 is 0. The number of benzene rings is 4. The van der Waals surface area contributed by atoms with Crippen molar-refractivity contribution in [2.75, 3.05) is 27.3 Å². The van der Waals surface area contributed by atoms with Crippen LogP contribution in [0.25, 0.3) is 0 Å². The monoisotopic (exact) mass is 587 g/mol. The summed E-state index contributed by atoms with van der Waals surface area (Å²) in [6.45, 7) is 0.0746. The Labute approximate surface area is 246 Å². The lowest BCUT2D eigenvalue weighted by molar-refractivity contribution is -0.121. The minimum atomic E-state index is -4.07. The average Bonchev–Trinajstić information content (AvgIpc) is 3.02. The fourth-order valence-corrected chi connectivity index (χ4v) is 5.52. The maximum absolute atomic E-state index is 13.7. The fourth-order valence-electron chi connectivity index (χ4n) is 4.11. The van der Waals surface area contributed by atoms with E-state index in [2.05, 4.69) is 10.5 Å². The van der Waals surface area contributed by atoms with Crippen molar-refractivity contribution < 1.29 is 27.4 Å². The van der Waals surface area contributed by atoms with E-state index >= 15 is 0 Å². The quantitative estimate of drug-likeness (QED) is 0.170. The Morgan fingerprint density at radius 3 is 2.21 bits per heavy atom. The van der Waals surface area contributed by atoms with Gasteiger partial charge in [-0.15, -0.1) is 0 Å². The van der Waals surface area contributed by atoms with E-state index in [1.54, 1.807) is 6.07 Å². The molecular weight excluding hydrogens is 554 g/mol. The van der Waals surface area contributed by atoms with Crippen molar-refractivity contribution in [3.05, 3.63) is 120 Å². The van der Waals surface area contributed by atoms with E-state index in [-0.39, 0.29) is 17.2 Å². The highest BCUT2D eigenvalue weighted by atomic mass is 32.2. The van der Waals surface area contributed by atoms with Crippen molar-refractivity contribution in [3.8, 4) is 17.2 Å². The second-order valence-corrected chi connectivity index (χ2v) is 11.2. The highest BCUT2D eigenvalue weighted by Gasteiger charge is 2.27. The van der Waals surface area contributed by atoms with Crippen LogP contribution in [-0.2, 0) is 27.8 Å². The van der Waals surface area contributed by atoms with E-state index in [1.807, 2.05) is 78.9 Å². The number of methoxy groups -OCH3 is 2. The number of sulfonamides is 1. The van der Waals surface area contributed by atoms with E-state index < -0.39 is 22.5 Å². The van der Waals surface area contributed by atoms with Gasteiger partial charge in [0, 0.05) is 12.6 Å². The number of amides is 1. The number of hydrogen-bond donors (Lipinski definition) is 1. The van der Waals surface area contributed by atoms with Gasteiger partial charge in [-0.25, -0.2) is 13.8 Å². The molecule has 0 fully saturated rings. The number of rotatable bonds is 14. The number of hydrazone groups is 1. The summed E-state index contributed by atoms with van der Waals surface area (Å²) in [5.41, 5.74) is 5.14. The zero-order valence-electron chi connectivity index (χ0n) is 23.5. The molecule has 0 saturated carbocycles. The summed E-state index contributed by atoms with van der Waals surface area (Å²) in [5, 5.41) is 4.04. The van der Waals surface area contributed by atoms with Gasteiger partial charge >= 0.3 is 0 Å². The molecule has 4 aromatic rings. The largest absolute Gasteiger partial charge is 0.493 e. The number of carbonyl (C=O) groups excluding carboxylic acids is 1. The number of carbonyl (C=O) groups is 1. The summed E-state index contributed by atoms with van der Waals surface area (Å²) < 4.78 is 44.8. The molecule has 0 bridgehead atoms. The van der Waals surface area contributed by atoms with Crippen molar-refractivity contribution in [1.29, 1.82) is 0 Å². The third-order valence-corrected chi connectivity index (χ3v) is 8.16. The van der Waals surface area contributed by atoms with E-state index in [0.717, 1.165) is 15.4 Å². The lowest BCUT2D eigenvalue weighted by Crippen LogP contribution is -2.40. The Bertz CT molecular complexity index is 1600. The molecular formula is C32H33N3O6S. The van der Waals surface area contributed by atoms with E-state index in [0.29, 0.717) is 30.1 Å². The highest BCUT2D eigenvalue weighted by molar-refractivity contribution is 7.89. The molecule has 0 radical (unpaired) electrons. The lowest BCUT2D eigenvalue weighted by Gasteiger charge is -2.22. The van der Waals surface area contributed by atoms with Crippen molar-refractivity contribution in [2.45, 2.75) is 17.9 Å². The Morgan fingerprint density at radius 1 is 0.833 bits per heavy atom. The summed E-state index contributed by atoms with van der Waals surface area (Å²) in [6, 6.07) is 30.9. The molecule has 0 unspecified atom stereocenters. The third-order valence-electron chi connectivity index (χ3n) is 6.31. The first kappa shape index (κ1) is 30.3. The van der Waals surface area contributed by atoms with Gasteiger partial charge in [-0.1, -0.05) is 72.8 Å².